The summed E-state index contributed by atoms with van der Waals surface area (Å²) in [4.78, 5) is 11.9. The Kier molecular flexibility index (Phi) is 6.09. The van der Waals surface area contributed by atoms with Crippen LogP contribution in [0.15, 0.2) is 45.3 Å². The first-order valence-corrected chi connectivity index (χ1v) is 8.33. The van der Waals surface area contributed by atoms with Crippen LogP contribution in [0.1, 0.15) is 15.9 Å². The number of amides is 1. The van der Waals surface area contributed by atoms with Gasteiger partial charge in [-0.2, -0.15) is 0 Å². The maximum Gasteiger partial charge on any atom is 0.257 e. The minimum Gasteiger partial charge on any atom is -0.487 e. The number of benzene rings is 2. The molecule has 0 heterocycles. The number of carbonyl (C=O) groups excluding carboxylic acids is 1. The predicted octanol–water partition coefficient (Wildman–Crippen LogP) is 3.90. The van der Waals surface area contributed by atoms with Crippen molar-refractivity contribution in [3.05, 3.63) is 62.3 Å². The van der Waals surface area contributed by atoms with E-state index >= 15 is 0 Å². The topological polar surface area (TPSA) is 64.3 Å². The number of thiocarbonyl (C=S) groups is 1. The van der Waals surface area contributed by atoms with Crippen LogP contribution in [0.4, 0.5) is 4.39 Å². The van der Waals surface area contributed by atoms with Crippen LogP contribution >= 0.6 is 44.1 Å². The average molecular weight is 462 g/mol. The number of carbonyl (C=O) groups is 1. The Morgan fingerprint density at radius 2 is 1.91 bits per heavy atom. The molecule has 0 bridgehead atoms. The van der Waals surface area contributed by atoms with Crippen molar-refractivity contribution in [3.63, 3.8) is 0 Å². The van der Waals surface area contributed by atoms with E-state index in [1.54, 1.807) is 24.3 Å². The third-order valence-electron chi connectivity index (χ3n) is 2.77. The van der Waals surface area contributed by atoms with Gasteiger partial charge in [-0.25, -0.2) is 4.39 Å². The molecule has 2 rings (SSSR count). The highest BCUT2D eigenvalue weighted by Crippen LogP contribution is 2.35. The van der Waals surface area contributed by atoms with Gasteiger partial charge < -0.3 is 10.5 Å². The Morgan fingerprint density at radius 1 is 1.26 bits per heavy atom. The molecule has 0 atom stereocenters. The van der Waals surface area contributed by atoms with Crippen molar-refractivity contribution >= 4 is 55.1 Å². The fourth-order valence-electron chi connectivity index (χ4n) is 1.80. The number of rotatable bonds is 4. The van der Waals surface area contributed by atoms with Gasteiger partial charge in [0.25, 0.3) is 5.91 Å². The van der Waals surface area contributed by atoms with Gasteiger partial charge >= 0.3 is 0 Å². The lowest BCUT2D eigenvalue weighted by atomic mass is 10.2. The largest absolute Gasteiger partial charge is 0.487 e. The van der Waals surface area contributed by atoms with E-state index in [0.29, 0.717) is 25.8 Å². The third kappa shape index (κ3) is 4.98. The normalized spacial score (nSPS) is 10.2. The molecule has 2 aromatic carbocycles. The highest BCUT2D eigenvalue weighted by atomic mass is 79.9. The fraction of sp³-hybridized carbons (Fsp3) is 0.0667. The van der Waals surface area contributed by atoms with Crippen LogP contribution in [0.5, 0.6) is 5.75 Å². The molecule has 3 N–H and O–H groups in total. The summed E-state index contributed by atoms with van der Waals surface area (Å²) in [6.07, 6.45) is 0. The summed E-state index contributed by atoms with van der Waals surface area (Å²) in [5.74, 6) is -0.245. The maximum atomic E-state index is 13.2. The van der Waals surface area contributed by atoms with Crippen molar-refractivity contribution in [2.24, 2.45) is 5.73 Å². The van der Waals surface area contributed by atoms with E-state index in [9.17, 15) is 9.18 Å². The van der Waals surface area contributed by atoms with Crippen molar-refractivity contribution in [3.8, 4) is 5.75 Å². The minimum atomic E-state index is -0.421. The number of halogens is 3. The molecule has 4 nitrogen and oxygen atoms in total. The molecule has 0 aromatic heterocycles. The Labute approximate surface area is 154 Å². The Balaban J connectivity index is 2.17. The lowest BCUT2D eigenvalue weighted by Gasteiger charge is -2.12. The maximum absolute atomic E-state index is 13.2. The second-order valence-corrected chi connectivity index (χ2v) is 6.65. The molecule has 0 saturated carbocycles. The number of nitrogens with one attached hydrogen (secondary N) is 1. The van der Waals surface area contributed by atoms with E-state index in [1.165, 1.54) is 12.1 Å². The first-order valence-electron chi connectivity index (χ1n) is 6.34. The number of hydrogen-bond donors (Lipinski definition) is 2. The van der Waals surface area contributed by atoms with Crippen LogP contribution < -0.4 is 15.8 Å². The molecule has 2 aromatic rings. The molecule has 0 aliphatic rings. The van der Waals surface area contributed by atoms with Crippen molar-refractivity contribution in [1.82, 2.24) is 5.32 Å². The third-order valence-corrected chi connectivity index (χ3v) is 4.05. The van der Waals surface area contributed by atoms with E-state index < -0.39 is 5.91 Å². The van der Waals surface area contributed by atoms with Gasteiger partial charge in [-0.15, -0.1) is 0 Å². The predicted molar refractivity (Wildman–Crippen MR) is 96.8 cm³/mol. The monoisotopic (exact) mass is 460 g/mol. The van der Waals surface area contributed by atoms with Gasteiger partial charge in [-0.05, 0) is 73.9 Å². The van der Waals surface area contributed by atoms with Crippen LogP contribution in [0.3, 0.4) is 0 Å². The molecule has 23 heavy (non-hydrogen) atoms. The van der Waals surface area contributed by atoms with Gasteiger partial charge in [0.2, 0.25) is 0 Å². The molecule has 0 radical (unpaired) electrons. The molecule has 120 valence electrons. The molecular formula is C15H11Br2FN2O2S. The minimum absolute atomic E-state index is 0.103. The molecule has 0 fully saturated rings. The van der Waals surface area contributed by atoms with Crippen LogP contribution in [-0.4, -0.2) is 11.0 Å². The van der Waals surface area contributed by atoms with Crippen LogP contribution in [0, 0.1) is 5.82 Å². The van der Waals surface area contributed by atoms with Crippen LogP contribution in [0.2, 0.25) is 0 Å². The van der Waals surface area contributed by atoms with Gasteiger partial charge in [0.05, 0.1) is 8.95 Å². The number of ether oxygens (including phenoxy) is 1. The standard InChI is InChI=1S/C15H11Br2FN2O2S/c16-11-5-9(14(21)20-15(19)23)6-12(17)13(11)22-7-8-2-1-3-10(18)4-8/h1-6H,7H2,(H3,19,20,21,23). The Bertz CT molecular complexity index is 748. The van der Waals surface area contributed by atoms with Gasteiger partial charge in [-0.3, -0.25) is 10.1 Å². The Morgan fingerprint density at radius 3 is 2.48 bits per heavy atom. The summed E-state index contributed by atoms with van der Waals surface area (Å²) in [7, 11) is 0. The lowest BCUT2D eigenvalue weighted by molar-refractivity contribution is 0.0977. The molecule has 0 aliphatic heterocycles. The van der Waals surface area contributed by atoms with E-state index in [2.05, 4.69) is 49.4 Å². The molecule has 0 spiro atoms. The summed E-state index contributed by atoms with van der Waals surface area (Å²) in [5.41, 5.74) is 6.33. The highest BCUT2D eigenvalue weighted by molar-refractivity contribution is 9.11. The number of hydrogen-bond acceptors (Lipinski definition) is 3. The van der Waals surface area contributed by atoms with Crippen molar-refractivity contribution in [1.29, 1.82) is 0 Å². The zero-order valence-corrected chi connectivity index (χ0v) is 15.6. The average Bonchev–Trinajstić information content (AvgIpc) is 2.45. The van der Waals surface area contributed by atoms with Gasteiger partial charge in [0, 0.05) is 5.56 Å². The first kappa shape index (κ1) is 17.8. The SMILES string of the molecule is NC(=S)NC(=O)c1cc(Br)c(OCc2cccc(F)c2)c(Br)c1. The van der Waals surface area contributed by atoms with Crippen molar-refractivity contribution in [2.45, 2.75) is 6.61 Å². The van der Waals surface area contributed by atoms with Crippen LogP contribution in [-0.2, 0) is 6.61 Å². The first-order chi connectivity index (χ1) is 10.9. The quantitative estimate of drug-likeness (QED) is 0.677. The molecule has 8 heteroatoms. The van der Waals surface area contributed by atoms with Gasteiger partial charge in [0.15, 0.2) is 5.11 Å². The lowest BCUT2D eigenvalue weighted by Crippen LogP contribution is -2.34. The zero-order chi connectivity index (χ0) is 17.0. The second kappa shape index (κ2) is 7.85. The molecule has 0 saturated heterocycles. The molecule has 0 aliphatic carbocycles. The van der Waals surface area contributed by atoms with Crippen LogP contribution in [0.25, 0.3) is 0 Å². The second-order valence-electron chi connectivity index (χ2n) is 4.51. The molecule has 0 unspecified atom stereocenters. The fourth-order valence-corrected chi connectivity index (χ4v) is 3.30. The smallest absolute Gasteiger partial charge is 0.257 e. The summed E-state index contributed by atoms with van der Waals surface area (Å²) >= 11 is 11.3. The molecular weight excluding hydrogens is 451 g/mol. The van der Waals surface area contributed by atoms with Gasteiger partial charge in [-0.1, -0.05) is 12.1 Å². The van der Waals surface area contributed by atoms with E-state index in [0.717, 1.165) is 0 Å². The Hall–Kier alpha value is -1.51. The summed E-state index contributed by atoms with van der Waals surface area (Å²) in [6, 6.07) is 9.30. The van der Waals surface area contributed by atoms with Crippen molar-refractivity contribution < 1.29 is 13.9 Å². The highest BCUT2D eigenvalue weighted by Gasteiger charge is 2.14. The number of nitrogens with two attached hydrogens (primary N) is 1. The van der Waals surface area contributed by atoms with E-state index in [4.69, 9.17) is 10.5 Å². The molecule has 1 amide bonds. The van der Waals surface area contributed by atoms with Crippen molar-refractivity contribution in [2.75, 3.05) is 0 Å². The van der Waals surface area contributed by atoms with E-state index in [1.807, 2.05) is 0 Å². The summed E-state index contributed by atoms with van der Waals surface area (Å²) < 4.78 is 20.0. The summed E-state index contributed by atoms with van der Waals surface area (Å²) in [6.45, 7) is 0.188. The van der Waals surface area contributed by atoms with E-state index in [-0.39, 0.29) is 17.5 Å². The zero-order valence-electron chi connectivity index (χ0n) is 11.6. The van der Waals surface area contributed by atoms with Gasteiger partial charge in [0.1, 0.15) is 18.2 Å². The summed E-state index contributed by atoms with van der Waals surface area (Å²) in [5, 5.41) is 2.24.